The second-order valence-electron chi connectivity index (χ2n) is 7.93. The number of benzene rings is 4. The van der Waals surface area contributed by atoms with Crippen LogP contribution in [0.3, 0.4) is 0 Å². The molecule has 0 fully saturated rings. The van der Waals surface area contributed by atoms with E-state index in [1.54, 1.807) is 60.7 Å². The number of amides is 2. The van der Waals surface area contributed by atoms with Crippen LogP contribution in [0.2, 0.25) is 5.02 Å². The highest BCUT2D eigenvalue weighted by molar-refractivity contribution is 7.85. The van der Waals surface area contributed by atoms with Crippen LogP contribution in [-0.2, 0) is 17.3 Å². The molecule has 0 saturated carbocycles. The number of nitrogens with zero attached hydrogens (tertiary/aromatic N) is 1. The van der Waals surface area contributed by atoms with Gasteiger partial charge < -0.3 is 10.2 Å². The number of fused-ring (bicyclic) bond motifs is 2. The summed E-state index contributed by atoms with van der Waals surface area (Å²) in [7, 11) is -1.64. The molecule has 8 heteroatoms. The van der Waals surface area contributed by atoms with Gasteiger partial charge in [-0.3, -0.25) is 9.59 Å². The zero-order valence-corrected chi connectivity index (χ0v) is 19.8. The van der Waals surface area contributed by atoms with Crippen LogP contribution in [-0.4, -0.2) is 16.0 Å². The molecular weight excluding hydrogens is 487 g/mol. The summed E-state index contributed by atoms with van der Waals surface area (Å²) in [5, 5.41) is 3.18. The number of carbonyl (C=O) groups is 2. The number of rotatable bonds is 4. The quantitative estimate of drug-likeness (QED) is 0.367. The Morgan fingerprint density at radius 1 is 0.914 bits per heavy atom. The summed E-state index contributed by atoms with van der Waals surface area (Å²) >= 11 is 6.16. The molecule has 5 rings (SSSR count). The van der Waals surface area contributed by atoms with Crippen molar-refractivity contribution in [3.63, 3.8) is 0 Å². The fraction of sp³-hybridized carbons (Fsp3) is 0.0370. The van der Waals surface area contributed by atoms with E-state index in [0.29, 0.717) is 31.8 Å². The third-order valence-electron chi connectivity index (χ3n) is 5.59. The Morgan fingerprint density at radius 3 is 2.51 bits per heavy atom. The van der Waals surface area contributed by atoms with Crippen molar-refractivity contribution in [1.29, 1.82) is 0 Å². The van der Waals surface area contributed by atoms with Crippen molar-refractivity contribution >= 4 is 45.6 Å². The van der Waals surface area contributed by atoms with Crippen LogP contribution in [0.4, 0.5) is 15.8 Å². The van der Waals surface area contributed by atoms with Crippen LogP contribution in [0.5, 0.6) is 0 Å². The molecule has 1 aliphatic heterocycles. The monoisotopic (exact) mass is 504 g/mol. The molecule has 1 heterocycles. The maximum Gasteiger partial charge on any atom is 0.259 e. The third kappa shape index (κ3) is 4.60. The molecular formula is C27H18ClFN2O3S. The first-order chi connectivity index (χ1) is 16.9. The summed E-state index contributed by atoms with van der Waals surface area (Å²) in [5.74, 6) is -1.30. The summed E-state index contributed by atoms with van der Waals surface area (Å²) in [4.78, 5) is 28.9. The van der Waals surface area contributed by atoms with E-state index >= 15 is 0 Å². The number of carbonyl (C=O) groups excluding carboxylic acids is 2. The minimum absolute atomic E-state index is 0.160. The summed E-state index contributed by atoms with van der Waals surface area (Å²) in [6.45, 7) is 0.160. The van der Waals surface area contributed by atoms with Gasteiger partial charge in [-0.05, 0) is 66.2 Å². The zero-order valence-electron chi connectivity index (χ0n) is 18.2. The minimum atomic E-state index is -1.64. The smallest absolute Gasteiger partial charge is 0.259 e. The molecule has 1 N–H and O–H groups in total. The fourth-order valence-electron chi connectivity index (χ4n) is 3.95. The summed E-state index contributed by atoms with van der Waals surface area (Å²) in [5.41, 5.74) is 2.00. The van der Waals surface area contributed by atoms with Crippen molar-refractivity contribution in [2.75, 3.05) is 10.2 Å². The summed E-state index contributed by atoms with van der Waals surface area (Å²) in [6.07, 6.45) is 0. The Bertz CT molecular complexity index is 1510. The van der Waals surface area contributed by atoms with Crippen molar-refractivity contribution in [3.05, 3.63) is 119 Å². The Labute approximate surface area is 208 Å². The Hall–Kier alpha value is -3.81. The van der Waals surface area contributed by atoms with Crippen molar-refractivity contribution in [1.82, 2.24) is 0 Å². The molecule has 1 unspecified atom stereocenters. The second kappa shape index (κ2) is 9.44. The maximum atomic E-state index is 13.7. The van der Waals surface area contributed by atoms with Gasteiger partial charge in [-0.25, -0.2) is 8.60 Å². The van der Waals surface area contributed by atoms with E-state index in [1.807, 2.05) is 6.07 Å². The molecule has 0 aromatic heterocycles. The second-order valence-corrected chi connectivity index (χ2v) is 9.79. The molecule has 0 saturated heterocycles. The first-order valence-electron chi connectivity index (χ1n) is 10.7. The number of nitrogens with one attached hydrogen (secondary N) is 1. The molecule has 0 bridgehead atoms. The third-order valence-corrected chi connectivity index (χ3v) is 7.32. The standard InChI is InChI=1S/C27H18ClFN2O3S/c28-19-6-3-5-17(13-19)16-31-23-14-18(26(32)30-21-8-4-7-20(29)15-21)11-12-25(23)35(34)24-10-2-1-9-22(24)27(31)33/h1-15H,16H2,(H,30,32). The van der Waals surface area contributed by atoms with Crippen molar-refractivity contribution in [2.24, 2.45) is 0 Å². The molecule has 0 aliphatic carbocycles. The van der Waals surface area contributed by atoms with E-state index in [-0.39, 0.29) is 18.0 Å². The predicted molar refractivity (Wildman–Crippen MR) is 134 cm³/mol. The van der Waals surface area contributed by atoms with E-state index in [4.69, 9.17) is 11.6 Å². The molecule has 1 atom stereocenters. The van der Waals surface area contributed by atoms with Crippen molar-refractivity contribution in [3.8, 4) is 0 Å². The van der Waals surface area contributed by atoms with Gasteiger partial charge in [0.05, 0.1) is 38.4 Å². The van der Waals surface area contributed by atoms with Crippen molar-refractivity contribution in [2.45, 2.75) is 16.3 Å². The average molecular weight is 505 g/mol. The van der Waals surface area contributed by atoms with Gasteiger partial charge in [0.15, 0.2) is 0 Å². The normalized spacial score (nSPS) is 14.6. The van der Waals surface area contributed by atoms with E-state index in [2.05, 4.69) is 5.32 Å². The average Bonchev–Trinajstić information content (AvgIpc) is 2.93. The molecule has 1 aliphatic rings. The molecule has 35 heavy (non-hydrogen) atoms. The van der Waals surface area contributed by atoms with Crippen LogP contribution in [0.25, 0.3) is 0 Å². The molecule has 4 aromatic carbocycles. The van der Waals surface area contributed by atoms with Crippen LogP contribution in [0.15, 0.2) is 101 Å². The lowest BCUT2D eigenvalue weighted by Gasteiger charge is -2.23. The van der Waals surface area contributed by atoms with Gasteiger partial charge in [0.1, 0.15) is 5.82 Å². The Balaban J connectivity index is 1.60. The fourth-order valence-corrected chi connectivity index (χ4v) is 5.51. The van der Waals surface area contributed by atoms with E-state index in [9.17, 15) is 18.2 Å². The van der Waals surface area contributed by atoms with Crippen LogP contribution < -0.4 is 10.2 Å². The van der Waals surface area contributed by atoms with Gasteiger partial charge in [-0.1, -0.05) is 41.9 Å². The molecule has 174 valence electrons. The van der Waals surface area contributed by atoms with Crippen LogP contribution in [0.1, 0.15) is 26.3 Å². The highest BCUT2D eigenvalue weighted by Crippen LogP contribution is 2.36. The Kier molecular flexibility index (Phi) is 6.19. The lowest BCUT2D eigenvalue weighted by molar-refractivity contribution is 0.0979. The Morgan fingerprint density at radius 2 is 1.71 bits per heavy atom. The van der Waals surface area contributed by atoms with E-state index in [1.165, 1.54) is 29.2 Å². The van der Waals surface area contributed by atoms with Gasteiger partial charge in [-0.15, -0.1) is 0 Å². The molecule has 2 amide bonds. The summed E-state index contributed by atoms with van der Waals surface area (Å²) in [6, 6.07) is 24.1. The van der Waals surface area contributed by atoms with Gasteiger partial charge in [0.25, 0.3) is 11.8 Å². The maximum absolute atomic E-state index is 13.7. The predicted octanol–water partition coefficient (Wildman–Crippen LogP) is 6.06. The van der Waals surface area contributed by atoms with Gasteiger partial charge in [0.2, 0.25) is 0 Å². The number of hydrogen-bond acceptors (Lipinski definition) is 3. The topological polar surface area (TPSA) is 66.5 Å². The first-order valence-corrected chi connectivity index (χ1v) is 12.2. The van der Waals surface area contributed by atoms with Crippen LogP contribution in [0, 0.1) is 5.82 Å². The highest BCUT2D eigenvalue weighted by Gasteiger charge is 2.31. The van der Waals surface area contributed by atoms with Gasteiger partial charge >= 0.3 is 0 Å². The number of anilines is 2. The lowest BCUT2D eigenvalue weighted by atomic mass is 10.1. The molecule has 0 spiro atoms. The van der Waals surface area contributed by atoms with Crippen molar-refractivity contribution < 1.29 is 18.2 Å². The van der Waals surface area contributed by atoms with Gasteiger partial charge in [0, 0.05) is 16.3 Å². The minimum Gasteiger partial charge on any atom is -0.322 e. The van der Waals surface area contributed by atoms with Crippen LogP contribution >= 0.6 is 11.6 Å². The molecule has 5 nitrogen and oxygen atoms in total. The van der Waals surface area contributed by atoms with E-state index < -0.39 is 22.5 Å². The molecule has 4 aromatic rings. The summed E-state index contributed by atoms with van der Waals surface area (Å²) < 4.78 is 27.1. The first kappa shape index (κ1) is 23.0. The number of hydrogen-bond donors (Lipinski definition) is 1. The SMILES string of the molecule is O=C(Nc1cccc(F)c1)c1ccc2c(c1)N(Cc1cccc(Cl)c1)C(=O)c1ccccc1S2=O. The zero-order chi connectivity index (χ0) is 24.5. The van der Waals surface area contributed by atoms with Gasteiger partial charge in [-0.2, -0.15) is 0 Å². The van der Waals surface area contributed by atoms with E-state index in [0.717, 1.165) is 5.56 Å². The number of halogens is 2. The molecule has 0 radical (unpaired) electrons. The highest BCUT2D eigenvalue weighted by atomic mass is 35.5. The lowest BCUT2D eigenvalue weighted by Crippen LogP contribution is -2.30. The largest absolute Gasteiger partial charge is 0.322 e.